The zero-order chi connectivity index (χ0) is 14.8. The molecule has 2 aromatic carbocycles. The summed E-state index contributed by atoms with van der Waals surface area (Å²) < 4.78 is 18.1. The molecule has 0 saturated heterocycles. The number of halogens is 1. The maximum atomic E-state index is 12.9. The first-order valence-corrected chi connectivity index (χ1v) is 6.26. The minimum atomic E-state index is -0.448. The van der Waals surface area contributed by atoms with Crippen LogP contribution < -0.4 is 11.3 Å². The molecule has 3 aromatic rings. The number of nitrogens with two attached hydrogens (primary N) is 1. The second kappa shape index (κ2) is 5.20. The normalized spacial score (nSPS) is 10.5. The second-order valence-electron chi connectivity index (χ2n) is 4.48. The number of hydrogen-bond donors (Lipinski definition) is 1. The number of nitrogens with zero attached hydrogens (tertiary/aromatic N) is 1. The van der Waals surface area contributed by atoms with Crippen LogP contribution >= 0.6 is 0 Å². The predicted molar refractivity (Wildman–Crippen MR) is 78.0 cm³/mol. The van der Waals surface area contributed by atoms with Crippen molar-refractivity contribution in [3.63, 3.8) is 0 Å². The molecule has 0 amide bonds. The topological polar surface area (TPSA) is 69.1 Å². The molecule has 3 rings (SSSR count). The number of nitrogen functional groups attached to an aromatic ring is 1. The third-order valence-corrected chi connectivity index (χ3v) is 3.04. The fourth-order valence-corrected chi connectivity index (χ4v) is 2.03. The number of anilines is 1. The van der Waals surface area contributed by atoms with E-state index in [1.807, 2.05) is 12.1 Å². The Morgan fingerprint density at radius 3 is 2.00 bits per heavy atom. The molecule has 4 nitrogen and oxygen atoms in total. The van der Waals surface area contributed by atoms with Gasteiger partial charge in [0.25, 0.3) is 11.6 Å². The van der Waals surface area contributed by atoms with Crippen LogP contribution in [0.5, 0.6) is 0 Å². The SMILES string of the molecule is Nc1nc(=O)cc(-c2ccc(-c3ccc(F)cc3)cc2)o1. The summed E-state index contributed by atoms with van der Waals surface area (Å²) in [6.45, 7) is 0. The summed E-state index contributed by atoms with van der Waals surface area (Å²) in [6, 6.07) is 14.7. The van der Waals surface area contributed by atoms with Gasteiger partial charge in [-0.05, 0) is 23.3 Å². The lowest BCUT2D eigenvalue weighted by Crippen LogP contribution is -2.07. The van der Waals surface area contributed by atoms with Crippen molar-refractivity contribution < 1.29 is 8.81 Å². The fraction of sp³-hybridized carbons (Fsp3) is 0. The van der Waals surface area contributed by atoms with E-state index in [0.717, 1.165) is 11.1 Å². The predicted octanol–water partition coefficient (Wildman–Crippen LogP) is 3.09. The molecule has 0 radical (unpaired) electrons. The average Bonchev–Trinajstić information content (AvgIpc) is 2.47. The monoisotopic (exact) mass is 282 g/mol. The Bertz CT molecular complexity index is 824. The Kier molecular flexibility index (Phi) is 3.23. The summed E-state index contributed by atoms with van der Waals surface area (Å²) >= 11 is 0. The molecule has 21 heavy (non-hydrogen) atoms. The van der Waals surface area contributed by atoms with Crippen LogP contribution in [0.15, 0.2) is 63.8 Å². The molecule has 0 fully saturated rings. The van der Waals surface area contributed by atoms with Gasteiger partial charge in [-0.1, -0.05) is 36.4 Å². The van der Waals surface area contributed by atoms with Crippen LogP contribution in [-0.2, 0) is 0 Å². The van der Waals surface area contributed by atoms with Crippen molar-refractivity contribution in [2.24, 2.45) is 0 Å². The number of hydrogen-bond acceptors (Lipinski definition) is 4. The lowest BCUT2D eigenvalue weighted by atomic mass is 10.0. The van der Waals surface area contributed by atoms with Crippen LogP contribution in [0.25, 0.3) is 22.5 Å². The average molecular weight is 282 g/mol. The van der Waals surface area contributed by atoms with E-state index in [-0.39, 0.29) is 11.8 Å². The zero-order valence-electron chi connectivity index (χ0n) is 10.9. The van der Waals surface area contributed by atoms with E-state index in [4.69, 9.17) is 10.2 Å². The van der Waals surface area contributed by atoms with Crippen molar-refractivity contribution in [1.82, 2.24) is 4.98 Å². The molecule has 1 heterocycles. The summed E-state index contributed by atoms with van der Waals surface area (Å²) in [5, 5.41) is 0. The third-order valence-electron chi connectivity index (χ3n) is 3.04. The summed E-state index contributed by atoms with van der Waals surface area (Å²) in [7, 11) is 0. The van der Waals surface area contributed by atoms with Gasteiger partial charge in [0.2, 0.25) is 0 Å². The minimum Gasteiger partial charge on any atom is -0.425 e. The molecule has 0 aliphatic heterocycles. The summed E-state index contributed by atoms with van der Waals surface area (Å²) in [4.78, 5) is 14.8. The van der Waals surface area contributed by atoms with Gasteiger partial charge in [0, 0.05) is 11.6 Å². The summed E-state index contributed by atoms with van der Waals surface area (Å²) in [5.41, 5.74) is 7.52. The molecule has 1 aromatic heterocycles. The first-order valence-electron chi connectivity index (χ1n) is 6.26. The summed E-state index contributed by atoms with van der Waals surface area (Å²) in [6.07, 6.45) is 0. The first kappa shape index (κ1) is 13.1. The first-order chi connectivity index (χ1) is 10.1. The quantitative estimate of drug-likeness (QED) is 0.784. The van der Waals surface area contributed by atoms with Crippen LogP contribution in [0.2, 0.25) is 0 Å². The maximum absolute atomic E-state index is 12.9. The van der Waals surface area contributed by atoms with Gasteiger partial charge in [0.05, 0.1) is 0 Å². The molecule has 5 heteroatoms. The Hall–Kier alpha value is -2.95. The van der Waals surface area contributed by atoms with Crippen molar-refractivity contribution in [2.75, 3.05) is 5.73 Å². The standard InChI is InChI=1S/C16H11FN2O2/c17-13-7-5-11(6-8-13)10-1-3-12(4-2-10)14-9-15(20)19-16(18)21-14/h1-9H,(H2,18,19,20). The van der Waals surface area contributed by atoms with Gasteiger partial charge in [0.15, 0.2) is 0 Å². The Balaban J connectivity index is 1.97. The van der Waals surface area contributed by atoms with E-state index in [0.29, 0.717) is 11.3 Å². The maximum Gasteiger partial charge on any atom is 0.295 e. The molecule has 0 unspecified atom stereocenters. The van der Waals surface area contributed by atoms with Crippen LogP contribution in [0.3, 0.4) is 0 Å². The lowest BCUT2D eigenvalue weighted by Gasteiger charge is -2.04. The molecule has 104 valence electrons. The number of aromatic nitrogens is 1. The molecular weight excluding hydrogens is 271 g/mol. The smallest absolute Gasteiger partial charge is 0.295 e. The molecule has 0 spiro atoms. The van der Waals surface area contributed by atoms with E-state index < -0.39 is 5.56 Å². The summed E-state index contributed by atoms with van der Waals surface area (Å²) in [5.74, 6) is 0.0857. The minimum absolute atomic E-state index is 0.167. The number of rotatable bonds is 2. The highest BCUT2D eigenvalue weighted by atomic mass is 19.1. The highest BCUT2D eigenvalue weighted by Crippen LogP contribution is 2.24. The Labute approximate surface area is 119 Å². The van der Waals surface area contributed by atoms with Gasteiger partial charge in [-0.3, -0.25) is 4.79 Å². The van der Waals surface area contributed by atoms with Gasteiger partial charge in [-0.15, -0.1) is 0 Å². The van der Waals surface area contributed by atoms with Crippen LogP contribution in [0, 0.1) is 5.82 Å². The molecule has 0 saturated carbocycles. The van der Waals surface area contributed by atoms with E-state index in [1.165, 1.54) is 18.2 Å². The lowest BCUT2D eigenvalue weighted by molar-refractivity contribution is 0.564. The molecular formula is C16H11FN2O2. The van der Waals surface area contributed by atoms with Crippen molar-refractivity contribution in [3.8, 4) is 22.5 Å². The van der Waals surface area contributed by atoms with Crippen molar-refractivity contribution in [2.45, 2.75) is 0 Å². The molecule has 2 N–H and O–H groups in total. The molecule has 0 aliphatic rings. The van der Waals surface area contributed by atoms with E-state index in [9.17, 15) is 9.18 Å². The molecule has 0 atom stereocenters. The zero-order valence-corrected chi connectivity index (χ0v) is 10.9. The Morgan fingerprint density at radius 2 is 1.43 bits per heavy atom. The number of benzene rings is 2. The fourth-order valence-electron chi connectivity index (χ4n) is 2.03. The third kappa shape index (κ3) is 2.81. The highest BCUT2D eigenvalue weighted by molar-refractivity contribution is 5.68. The van der Waals surface area contributed by atoms with E-state index >= 15 is 0 Å². The Morgan fingerprint density at radius 1 is 0.905 bits per heavy atom. The van der Waals surface area contributed by atoms with Gasteiger partial charge >= 0.3 is 0 Å². The van der Waals surface area contributed by atoms with Crippen molar-refractivity contribution >= 4 is 6.01 Å². The van der Waals surface area contributed by atoms with Crippen LogP contribution in [-0.4, -0.2) is 4.98 Å². The van der Waals surface area contributed by atoms with E-state index in [2.05, 4.69) is 4.98 Å². The van der Waals surface area contributed by atoms with Gasteiger partial charge in [0.1, 0.15) is 11.6 Å². The highest BCUT2D eigenvalue weighted by Gasteiger charge is 2.05. The second-order valence-corrected chi connectivity index (χ2v) is 4.48. The molecule has 0 bridgehead atoms. The van der Waals surface area contributed by atoms with Gasteiger partial charge < -0.3 is 10.2 Å². The van der Waals surface area contributed by atoms with Crippen LogP contribution in [0.1, 0.15) is 0 Å². The largest absolute Gasteiger partial charge is 0.425 e. The van der Waals surface area contributed by atoms with Crippen molar-refractivity contribution in [3.05, 3.63) is 70.8 Å². The van der Waals surface area contributed by atoms with Gasteiger partial charge in [-0.25, -0.2) is 4.39 Å². The molecule has 0 aliphatic carbocycles. The van der Waals surface area contributed by atoms with Crippen molar-refractivity contribution in [1.29, 1.82) is 0 Å². The van der Waals surface area contributed by atoms with E-state index in [1.54, 1.807) is 24.3 Å². The van der Waals surface area contributed by atoms with Crippen LogP contribution in [0.4, 0.5) is 10.4 Å². The van der Waals surface area contributed by atoms with Gasteiger partial charge in [-0.2, -0.15) is 4.98 Å².